The van der Waals surface area contributed by atoms with Crippen LogP contribution in [0, 0.1) is 0 Å². The van der Waals surface area contributed by atoms with Crippen molar-refractivity contribution in [2.24, 2.45) is 0 Å². The van der Waals surface area contributed by atoms with E-state index in [9.17, 15) is 14.7 Å². The highest BCUT2D eigenvalue weighted by Gasteiger charge is 2.47. The SMILES string of the molecule is CN(C)c1ccc(C2/C(=C(/O)c3ccc4c(c3)OCO4)C(=O)C(=O)N2c2ccccc2)cc1. The van der Waals surface area contributed by atoms with Gasteiger partial charge in [-0.25, -0.2) is 0 Å². The van der Waals surface area contributed by atoms with Crippen LogP contribution < -0.4 is 19.3 Å². The lowest BCUT2D eigenvalue weighted by molar-refractivity contribution is -0.132. The normalized spacial score (nSPS) is 18.6. The van der Waals surface area contributed by atoms with Crippen LogP contribution in [0.4, 0.5) is 11.4 Å². The third-order valence-electron chi connectivity index (χ3n) is 5.85. The molecule has 166 valence electrons. The molecule has 2 heterocycles. The molecule has 1 amide bonds. The monoisotopic (exact) mass is 442 g/mol. The molecule has 7 heteroatoms. The fourth-order valence-electron chi connectivity index (χ4n) is 4.16. The standard InChI is InChI=1S/C26H22N2O5/c1-27(2)18-11-8-16(9-12-18)23-22(24(29)17-10-13-20-21(14-17)33-15-32-20)25(30)26(31)28(23)19-6-4-3-5-7-19/h3-14,23,29H,15H2,1-2H3/b24-22-. The minimum absolute atomic E-state index is 0.0281. The number of amides is 1. The average molecular weight is 442 g/mol. The number of rotatable bonds is 4. The summed E-state index contributed by atoms with van der Waals surface area (Å²) in [6.07, 6.45) is 0. The second-order valence-corrected chi connectivity index (χ2v) is 8.06. The molecule has 1 atom stereocenters. The molecule has 1 fully saturated rings. The summed E-state index contributed by atoms with van der Waals surface area (Å²) in [5.74, 6) is -0.650. The summed E-state index contributed by atoms with van der Waals surface area (Å²) in [7, 11) is 3.87. The highest BCUT2D eigenvalue weighted by Crippen LogP contribution is 2.43. The number of fused-ring (bicyclic) bond motifs is 1. The zero-order valence-corrected chi connectivity index (χ0v) is 18.2. The molecule has 1 saturated heterocycles. The third-order valence-corrected chi connectivity index (χ3v) is 5.85. The van der Waals surface area contributed by atoms with E-state index >= 15 is 0 Å². The van der Waals surface area contributed by atoms with E-state index in [1.165, 1.54) is 4.90 Å². The van der Waals surface area contributed by atoms with Crippen LogP contribution in [0.1, 0.15) is 17.2 Å². The maximum absolute atomic E-state index is 13.2. The van der Waals surface area contributed by atoms with E-state index in [4.69, 9.17) is 9.47 Å². The first-order valence-electron chi connectivity index (χ1n) is 10.5. The Morgan fingerprint density at radius 2 is 1.64 bits per heavy atom. The van der Waals surface area contributed by atoms with Gasteiger partial charge in [-0.2, -0.15) is 0 Å². The van der Waals surface area contributed by atoms with E-state index < -0.39 is 17.7 Å². The molecule has 2 aliphatic heterocycles. The van der Waals surface area contributed by atoms with E-state index in [0.29, 0.717) is 28.3 Å². The number of anilines is 2. The van der Waals surface area contributed by atoms with Crippen molar-refractivity contribution in [2.45, 2.75) is 6.04 Å². The first-order chi connectivity index (χ1) is 16.0. The van der Waals surface area contributed by atoms with E-state index in [2.05, 4.69) is 0 Å². The first-order valence-corrected chi connectivity index (χ1v) is 10.5. The highest BCUT2D eigenvalue weighted by molar-refractivity contribution is 6.51. The number of hydrogen-bond acceptors (Lipinski definition) is 6. The molecule has 0 radical (unpaired) electrons. The van der Waals surface area contributed by atoms with Crippen molar-refractivity contribution in [2.75, 3.05) is 30.7 Å². The first kappa shape index (κ1) is 20.6. The maximum atomic E-state index is 13.2. The molecule has 1 unspecified atom stereocenters. The molecule has 1 N–H and O–H groups in total. The van der Waals surface area contributed by atoms with E-state index in [1.807, 2.05) is 49.3 Å². The molecule has 0 aliphatic carbocycles. The summed E-state index contributed by atoms with van der Waals surface area (Å²) < 4.78 is 10.8. The molecular formula is C26H22N2O5. The largest absolute Gasteiger partial charge is 0.507 e. The van der Waals surface area contributed by atoms with Crippen molar-refractivity contribution in [1.29, 1.82) is 0 Å². The van der Waals surface area contributed by atoms with Crippen LogP contribution in [-0.2, 0) is 9.59 Å². The van der Waals surface area contributed by atoms with Gasteiger partial charge in [0.05, 0.1) is 11.6 Å². The Balaban J connectivity index is 1.68. The zero-order valence-electron chi connectivity index (χ0n) is 18.2. The predicted octanol–water partition coefficient (Wildman–Crippen LogP) is 4.11. The number of carbonyl (C=O) groups excluding carboxylic acids is 2. The number of hydrogen-bond donors (Lipinski definition) is 1. The summed E-state index contributed by atoms with van der Waals surface area (Å²) in [4.78, 5) is 29.8. The molecule has 0 aromatic heterocycles. The van der Waals surface area contributed by atoms with Gasteiger partial charge < -0.3 is 19.5 Å². The number of para-hydroxylation sites is 1. The Morgan fingerprint density at radius 1 is 0.939 bits per heavy atom. The lowest BCUT2D eigenvalue weighted by atomic mass is 9.94. The van der Waals surface area contributed by atoms with Crippen LogP contribution in [-0.4, -0.2) is 37.7 Å². The van der Waals surface area contributed by atoms with Crippen LogP contribution in [0.5, 0.6) is 11.5 Å². The summed E-state index contributed by atoms with van der Waals surface area (Å²) in [6.45, 7) is 0.0934. The smallest absolute Gasteiger partial charge is 0.300 e. The second kappa shape index (κ2) is 8.02. The van der Waals surface area contributed by atoms with Gasteiger partial charge in [-0.3, -0.25) is 14.5 Å². The molecular weight excluding hydrogens is 420 g/mol. The van der Waals surface area contributed by atoms with Crippen LogP contribution in [0.25, 0.3) is 5.76 Å². The lowest BCUT2D eigenvalue weighted by Crippen LogP contribution is -2.29. The van der Waals surface area contributed by atoms with Crippen molar-refractivity contribution in [1.82, 2.24) is 0 Å². The van der Waals surface area contributed by atoms with Gasteiger partial charge in [0, 0.05) is 31.0 Å². The number of aliphatic hydroxyl groups excluding tert-OH is 1. The minimum atomic E-state index is -0.783. The molecule has 0 saturated carbocycles. The maximum Gasteiger partial charge on any atom is 0.300 e. The summed E-state index contributed by atoms with van der Waals surface area (Å²) in [6, 6.07) is 20.7. The van der Waals surface area contributed by atoms with Crippen LogP contribution in [0.15, 0.2) is 78.4 Å². The quantitative estimate of drug-likeness (QED) is 0.372. The van der Waals surface area contributed by atoms with Crippen molar-refractivity contribution in [3.05, 3.63) is 89.5 Å². The summed E-state index contributed by atoms with van der Waals surface area (Å²) >= 11 is 0. The molecule has 33 heavy (non-hydrogen) atoms. The Kier molecular flexibility index (Phi) is 5.01. The highest BCUT2D eigenvalue weighted by atomic mass is 16.7. The van der Waals surface area contributed by atoms with Gasteiger partial charge in [-0.1, -0.05) is 30.3 Å². The van der Waals surface area contributed by atoms with E-state index in [1.54, 1.807) is 42.5 Å². The minimum Gasteiger partial charge on any atom is -0.507 e. The molecule has 3 aromatic rings. The molecule has 5 rings (SSSR count). The molecule has 3 aromatic carbocycles. The third kappa shape index (κ3) is 3.47. The molecule has 0 bridgehead atoms. The van der Waals surface area contributed by atoms with Crippen molar-refractivity contribution in [3.8, 4) is 11.5 Å². The van der Waals surface area contributed by atoms with Crippen molar-refractivity contribution < 1.29 is 24.2 Å². The number of aliphatic hydroxyl groups is 1. The van der Waals surface area contributed by atoms with Crippen LogP contribution in [0.3, 0.4) is 0 Å². The van der Waals surface area contributed by atoms with Gasteiger partial charge >= 0.3 is 0 Å². The number of ketones is 1. The fraction of sp³-hybridized carbons (Fsp3) is 0.154. The van der Waals surface area contributed by atoms with Gasteiger partial charge in [-0.05, 0) is 48.0 Å². The number of nitrogens with zero attached hydrogens (tertiary/aromatic N) is 2. The fourth-order valence-corrected chi connectivity index (χ4v) is 4.16. The average Bonchev–Trinajstić information content (AvgIpc) is 3.41. The number of Topliss-reactive ketones (excluding diaryl/α,β-unsaturated/α-hetero) is 1. The topological polar surface area (TPSA) is 79.3 Å². The Hall–Kier alpha value is -4.26. The van der Waals surface area contributed by atoms with E-state index in [-0.39, 0.29) is 18.1 Å². The van der Waals surface area contributed by atoms with Crippen LogP contribution in [0.2, 0.25) is 0 Å². The molecule has 2 aliphatic rings. The van der Waals surface area contributed by atoms with Gasteiger partial charge in [0.25, 0.3) is 11.7 Å². The van der Waals surface area contributed by atoms with Crippen molar-refractivity contribution in [3.63, 3.8) is 0 Å². The zero-order chi connectivity index (χ0) is 23.1. The predicted molar refractivity (Wildman–Crippen MR) is 125 cm³/mol. The number of ether oxygens (including phenoxy) is 2. The Labute approximate surface area is 191 Å². The number of benzene rings is 3. The van der Waals surface area contributed by atoms with Gasteiger partial charge in [-0.15, -0.1) is 0 Å². The second-order valence-electron chi connectivity index (χ2n) is 8.06. The Bertz CT molecular complexity index is 1270. The lowest BCUT2D eigenvalue weighted by Gasteiger charge is -2.26. The number of carbonyl (C=O) groups is 2. The summed E-state index contributed by atoms with van der Waals surface area (Å²) in [5.41, 5.74) is 2.67. The molecule has 7 nitrogen and oxygen atoms in total. The van der Waals surface area contributed by atoms with Gasteiger partial charge in [0.1, 0.15) is 5.76 Å². The van der Waals surface area contributed by atoms with Gasteiger partial charge in [0.2, 0.25) is 6.79 Å². The van der Waals surface area contributed by atoms with E-state index in [0.717, 1.165) is 5.69 Å². The summed E-state index contributed by atoms with van der Waals surface area (Å²) in [5, 5.41) is 11.3. The van der Waals surface area contributed by atoms with Crippen LogP contribution >= 0.6 is 0 Å². The Morgan fingerprint density at radius 3 is 2.33 bits per heavy atom. The molecule has 0 spiro atoms. The van der Waals surface area contributed by atoms with Gasteiger partial charge in [0.15, 0.2) is 11.5 Å². The van der Waals surface area contributed by atoms with Crippen molar-refractivity contribution >= 4 is 28.8 Å².